The van der Waals surface area contributed by atoms with Crippen molar-refractivity contribution in [1.29, 1.82) is 5.41 Å². The molecule has 0 radical (unpaired) electrons. The minimum absolute atomic E-state index is 0.0397. The Kier molecular flexibility index (Phi) is 4.57. The number of Topliss-reactive ketones (excluding diaryl/α,β-unsaturated/α-hetero) is 1. The van der Waals surface area contributed by atoms with Crippen LogP contribution in [0.5, 0.6) is 11.5 Å². The van der Waals surface area contributed by atoms with Gasteiger partial charge in [-0.1, -0.05) is 25.1 Å². The maximum atomic E-state index is 13.6. The van der Waals surface area contributed by atoms with Gasteiger partial charge in [0.1, 0.15) is 22.9 Å². The van der Waals surface area contributed by atoms with Crippen molar-refractivity contribution in [3.8, 4) is 11.5 Å². The first-order valence-electron chi connectivity index (χ1n) is 9.68. The molecule has 150 valence electrons. The summed E-state index contributed by atoms with van der Waals surface area (Å²) in [6.07, 6.45) is 1.19. The van der Waals surface area contributed by atoms with Gasteiger partial charge in [-0.25, -0.2) is 0 Å². The number of anilines is 2. The van der Waals surface area contributed by atoms with Crippen molar-refractivity contribution in [2.75, 3.05) is 24.4 Å². The predicted molar refractivity (Wildman–Crippen MR) is 114 cm³/mol. The molecule has 2 N–H and O–H groups in total. The fourth-order valence-electron chi connectivity index (χ4n) is 4.12. The van der Waals surface area contributed by atoms with Crippen molar-refractivity contribution in [1.82, 2.24) is 0 Å². The highest BCUT2D eigenvalue weighted by atomic mass is 16.5. The molecule has 0 amide bonds. The molecule has 0 aliphatic carbocycles. The van der Waals surface area contributed by atoms with Crippen LogP contribution in [0.2, 0.25) is 0 Å². The third-order valence-corrected chi connectivity index (χ3v) is 5.92. The lowest BCUT2D eigenvalue weighted by molar-refractivity contribution is -0.118. The number of methoxy groups -OCH3 is 2. The second-order valence-corrected chi connectivity index (χ2v) is 7.52. The number of rotatable bonds is 4. The van der Waals surface area contributed by atoms with Crippen LogP contribution >= 0.6 is 0 Å². The van der Waals surface area contributed by atoms with E-state index in [1.54, 1.807) is 25.2 Å². The average Bonchev–Trinajstić information content (AvgIpc) is 3.24. The molecule has 0 bridgehead atoms. The van der Waals surface area contributed by atoms with E-state index in [0.717, 1.165) is 16.9 Å². The maximum absolute atomic E-state index is 13.6. The number of carbonyl (C=O) groups excluding carboxylic acids is 1. The Morgan fingerprint density at radius 1 is 1.14 bits per heavy atom. The highest BCUT2D eigenvalue weighted by molar-refractivity contribution is 6.36. The van der Waals surface area contributed by atoms with Crippen LogP contribution in [0.3, 0.4) is 0 Å². The summed E-state index contributed by atoms with van der Waals surface area (Å²) in [6.45, 7) is 3.87. The Morgan fingerprint density at radius 2 is 1.79 bits per heavy atom. The number of ketones is 1. The topological polar surface area (TPSA) is 74.7 Å². The van der Waals surface area contributed by atoms with Gasteiger partial charge in [-0.05, 0) is 25.0 Å². The average molecular weight is 391 g/mol. The lowest BCUT2D eigenvalue weighted by Gasteiger charge is -2.33. The molecule has 0 unspecified atom stereocenters. The van der Waals surface area contributed by atoms with E-state index in [1.165, 1.54) is 0 Å². The summed E-state index contributed by atoms with van der Waals surface area (Å²) in [5, 5.41) is 12.3. The summed E-state index contributed by atoms with van der Waals surface area (Å²) in [5.74, 6) is 1.39. The number of amidine groups is 1. The van der Waals surface area contributed by atoms with E-state index in [0.29, 0.717) is 35.6 Å². The summed E-state index contributed by atoms with van der Waals surface area (Å²) in [5.41, 5.74) is 3.22. The van der Waals surface area contributed by atoms with E-state index < -0.39 is 5.54 Å². The van der Waals surface area contributed by atoms with E-state index in [1.807, 2.05) is 50.2 Å². The normalized spacial score (nSPS) is 23.2. The fourth-order valence-corrected chi connectivity index (χ4v) is 4.12. The molecule has 1 saturated heterocycles. The number of nitrogens with one attached hydrogen (secondary N) is 2. The molecule has 0 saturated carbocycles. The van der Waals surface area contributed by atoms with Crippen LogP contribution in [0.4, 0.5) is 11.4 Å². The zero-order valence-electron chi connectivity index (χ0n) is 17.1. The summed E-state index contributed by atoms with van der Waals surface area (Å²) in [6, 6.07) is 13.4. The molecule has 2 aromatic rings. The highest BCUT2D eigenvalue weighted by Crippen LogP contribution is 2.42. The van der Waals surface area contributed by atoms with Crippen LogP contribution in [-0.2, 0) is 11.2 Å². The molecule has 1 atom stereocenters. The molecular formula is C23H25N3O3. The maximum Gasteiger partial charge on any atom is 0.193 e. The van der Waals surface area contributed by atoms with E-state index >= 15 is 0 Å². The first-order chi connectivity index (χ1) is 13.9. The van der Waals surface area contributed by atoms with Crippen molar-refractivity contribution in [2.45, 2.75) is 32.2 Å². The second kappa shape index (κ2) is 6.95. The number of hydrogen-bond donors (Lipinski definition) is 2. The summed E-state index contributed by atoms with van der Waals surface area (Å²) in [7, 11) is 3.18. The Labute approximate surface area is 170 Å². The Bertz CT molecular complexity index is 994. The Hall–Kier alpha value is -3.28. The number of hydrogen-bond acceptors (Lipinski definition) is 5. The van der Waals surface area contributed by atoms with Crippen LogP contribution in [0.25, 0.3) is 0 Å². The third-order valence-electron chi connectivity index (χ3n) is 5.92. The number of allylic oxidation sites excluding steroid dienone is 1. The molecule has 29 heavy (non-hydrogen) atoms. The van der Waals surface area contributed by atoms with Gasteiger partial charge in [0.25, 0.3) is 0 Å². The molecule has 2 aliphatic heterocycles. The van der Waals surface area contributed by atoms with Gasteiger partial charge in [0.05, 0.1) is 25.5 Å². The quantitative estimate of drug-likeness (QED) is 0.766. The van der Waals surface area contributed by atoms with Crippen molar-refractivity contribution >= 4 is 23.0 Å². The first kappa shape index (κ1) is 19.1. The van der Waals surface area contributed by atoms with E-state index in [9.17, 15) is 4.79 Å². The van der Waals surface area contributed by atoms with E-state index in [-0.39, 0.29) is 11.6 Å². The number of fused-ring (bicyclic) bond motifs is 1. The Balaban J connectivity index is 1.84. The number of benzene rings is 2. The van der Waals surface area contributed by atoms with Gasteiger partial charge in [0.2, 0.25) is 0 Å². The van der Waals surface area contributed by atoms with Gasteiger partial charge in [-0.2, -0.15) is 0 Å². The zero-order chi connectivity index (χ0) is 20.8. The van der Waals surface area contributed by atoms with Crippen LogP contribution in [-0.4, -0.2) is 31.4 Å². The van der Waals surface area contributed by atoms with Crippen molar-refractivity contribution < 1.29 is 14.3 Å². The second-order valence-electron chi connectivity index (χ2n) is 7.52. The summed E-state index contributed by atoms with van der Waals surface area (Å²) >= 11 is 0. The van der Waals surface area contributed by atoms with Gasteiger partial charge in [-0.15, -0.1) is 0 Å². The lowest BCUT2D eigenvalue weighted by Crippen LogP contribution is -2.46. The largest absolute Gasteiger partial charge is 0.497 e. The first-order valence-corrected chi connectivity index (χ1v) is 9.68. The molecule has 6 heteroatoms. The van der Waals surface area contributed by atoms with Crippen molar-refractivity contribution in [3.05, 3.63) is 59.3 Å². The zero-order valence-corrected chi connectivity index (χ0v) is 17.1. The molecular weight excluding hydrogens is 366 g/mol. The Morgan fingerprint density at radius 3 is 2.38 bits per heavy atom. The van der Waals surface area contributed by atoms with Crippen LogP contribution in [0.1, 0.15) is 25.8 Å². The molecule has 1 fully saturated rings. The van der Waals surface area contributed by atoms with E-state index in [4.69, 9.17) is 14.9 Å². The number of carbonyl (C=O) groups is 1. The van der Waals surface area contributed by atoms with Gasteiger partial charge in [-0.3, -0.25) is 10.2 Å². The van der Waals surface area contributed by atoms with Crippen molar-refractivity contribution in [3.63, 3.8) is 0 Å². The molecule has 4 rings (SSSR count). The standard InChI is InChI=1S/C23H25N3O3/c1-5-23(2)21(27)20(19-10-14-8-6-7-9-18(14)25-19)22(24)26(23)15-11-16(28-3)13-17(12-15)29-4/h6-9,11-13,24-25H,5,10H2,1-4H3/t23-/m1/s1. The van der Waals surface area contributed by atoms with Gasteiger partial charge in [0, 0.05) is 36.0 Å². The lowest BCUT2D eigenvalue weighted by atomic mass is 9.91. The number of nitrogens with zero attached hydrogens (tertiary/aromatic N) is 1. The van der Waals surface area contributed by atoms with Crippen molar-refractivity contribution in [2.24, 2.45) is 0 Å². The SMILES string of the molecule is CC[C@]1(C)C(=O)C(=C2Cc3ccccc3N2)C(=N)N1c1cc(OC)cc(OC)c1. The van der Waals surface area contributed by atoms with Crippen LogP contribution in [0, 0.1) is 5.41 Å². The molecule has 0 aromatic heterocycles. The molecule has 2 aromatic carbocycles. The number of para-hydroxylation sites is 1. The van der Waals surface area contributed by atoms with Crippen LogP contribution < -0.4 is 19.7 Å². The highest BCUT2D eigenvalue weighted by Gasteiger charge is 2.51. The predicted octanol–water partition coefficient (Wildman–Crippen LogP) is 4.16. The minimum Gasteiger partial charge on any atom is -0.497 e. The van der Waals surface area contributed by atoms with E-state index in [2.05, 4.69) is 5.32 Å². The van der Waals surface area contributed by atoms with Crippen LogP contribution in [0.15, 0.2) is 53.7 Å². The minimum atomic E-state index is -0.854. The fraction of sp³-hybridized carbons (Fsp3) is 0.304. The smallest absolute Gasteiger partial charge is 0.193 e. The van der Waals surface area contributed by atoms with Gasteiger partial charge < -0.3 is 19.7 Å². The molecule has 2 aliphatic rings. The monoisotopic (exact) mass is 391 g/mol. The van der Waals surface area contributed by atoms with Gasteiger partial charge >= 0.3 is 0 Å². The molecule has 6 nitrogen and oxygen atoms in total. The molecule has 0 spiro atoms. The molecule has 2 heterocycles. The third kappa shape index (κ3) is 2.87. The summed E-state index contributed by atoms with van der Waals surface area (Å²) < 4.78 is 10.8. The summed E-state index contributed by atoms with van der Waals surface area (Å²) in [4.78, 5) is 15.4. The van der Waals surface area contributed by atoms with Gasteiger partial charge in [0.15, 0.2) is 5.78 Å². The number of ether oxygens (including phenoxy) is 2.